The number of carbonyl (C=O) groups excluding carboxylic acids is 2. The fourth-order valence-electron chi connectivity index (χ4n) is 1.85. The molecule has 0 spiro atoms. The molecule has 1 saturated carbocycles. The predicted octanol–water partition coefficient (Wildman–Crippen LogP) is -0.0843. The average Bonchev–Trinajstić information content (AvgIpc) is 3.33. The van der Waals surface area contributed by atoms with Crippen molar-refractivity contribution in [1.82, 2.24) is 15.4 Å². The first-order valence-electron chi connectivity index (χ1n) is 7.46. The molecule has 0 atom stereocenters. The van der Waals surface area contributed by atoms with Crippen molar-refractivity contribution >= 4 is 21.8 Å². The maximum Gasteiger partial charge on any atom is 0.241 e. The minimum Gasteiger partial charge on any atom is -0.354 e. The van der Waals surface area contributed by atoms with Crippen molar-refractivity contribution in [2.75, 3.05) is 19.6 Å². The van der Waals surface area contributed by atoms with Crippen molar-refractivity contribution < 1.29 is 18.0 Å². The van der Waals surface area contributed by atoms with E-state index in [4.69, 9.17) is 0 Å². The van der Waals surface area contributed by atoms with Crippen LogP contribution in [0.1, 0.15) is 18.4 Å². The summed E-state index contributed by atoms with van der Waals surface area (Å²) in [6, 6.07) is 6.31. The Morgan fingerprint density at radius 1 is 1.04 bits per heavy atom. The molecule has 0 unspecified atom stereocenters. The molecule has 0 heterocycles. The van der Waals surface area contributed by atoms with Crippen LogP contribution in [0.4, 0.5) is 0 Å². The van der Waals surface area contributed by atoms with Gasteiger partial charge in [0.25, 0.3) is 0 Å². The standard InChI is InChI=1S/C15H21N3O4S/c1-11-2-6-13(7-3-11)23(21,22)18-10-15(20)17-9-14(19)16-8-12-4-5-12/h2-3,6-7,12,18H,4-5,8-10H2,1H3,(H,16,19)(H,17,20). The van der Waals surface area contributed by atoms with Crippen LogP contribution in [0.3, 0.4) is 0 Å². The summed E-state index contributed by atoms with van der Waals surface area (Å²) in [7, 11) is -3.74. The fraction of sp³-hybridized carbons (Fsp3) is 0.467. The Morgan fingerprint density at radius 2 is 1.65 bits per heavy atom. The van der Waals surface area contributed by atoms with Gasteiger partial charge >= 0.3 is 0 Å². The fourth-order valence-corrected chi connectivity index (χ4v) is 2.83. The maximum atomic E-state index is 12.0. The molecule has 1 fully saturated rings. The quantitative estimate of drug-likeness (QED) is 0.616. The van der Waals surface area contributed by atoms with Crippen LogP contribution in [-0.4, -0.2) is 39.9 Å². The molecule has 0 bridgehead atoms. The molecule has 0 aliphatic heterocycles. The van der Waals surface area contributed by atoms with Gasteiger partial charge in [-0.15, -0.1) is 0 Å². The van der Waals surface area contributed by atoms with Crippen LogP contribution in [0.2, 0.25) is 0 Å². The maximum absolute atomic E-state index is 12.0. The van der Waals surface area contributed by atoms with Crippen molar-refractivity contribution in [2.24, 2.45) is 5.92 Å². The molecular formula is C15H21N3O4S. The molecule has 3 N–H and O–H groups in total. The first kappa shape index (κ1) is 17.4. The van der Waals surface area contributed by atoms with Crippen molar-refractivity contribution in [3.05, 3.63) is 29.8 Å². The second-order valence-electron chi connectivity index (χ2n) is 5.66. The topological polar surface area (TPSA) is 104 Å². The summed E-state index contributed by atoms with van der Waals surface area (Å²) in [5.74, 6) is -0.259. The predicted molar refractivity (Wildman–Crippen MR) is 85.1 cm³/mol. The normalized spacial score (nSPS) is 14.3. The Bertz CT molecular complexity index is 666. The van der Waals surface area contributed by atoms with Crippen LogP contribution < -0.4 is 15.4 Å². The molecule has 7 nitrogen and oxygen atoms in total. The summed E-state index contributed by atoms with van der Waals surface area (Å²) in [5.41, 5.74) is 0.943. The Balaban J connectivity index is 1.72. The molecule has 1 aliphatic rings. The van der Waals surface area contributed by atoms with Gasteiger partial charge < -0.3 is 10.6 Å². The van der Waals surface area contributed by atoms with Gasteiger partial charge in [-0.25, -0.2) is 13.1 Å². The number of nitrogens with one attached hydrogen (secondary N) is 3. The molecule has 1 aliphatic carbocycles. The van der Waals surface area contributed by atoms with E-state index >= 15 is 0 Å². The highest BCUT2D eigenvalue weighted by Gasteiger charge is 2.21. The summed E-state index contributed by atoms with van der Waals surface area (Å²) < 4.78 is 26.2. The van der Waals surface area contributed by atoms with Gasteiger partial charge in [0.1, 0.15) is 0 Å². The molecule has 1 aromatic carbocycles. The molecule has 0 saturated heterocycles. The van der Waals surface area contributed by atoms with Crippen LogP contribution in [0, 0.1) is 12.8 Å². The van der Waals surface area contributed by atoms with Crippen LogP contribution in [-0.2, 0) is 19.6 Å². The van der Waals surface area contributed by atoms with Crippen molar-refractivity contribution in [3.8, 4) is 0 Å². The molecule has 8 heteroatoms. The highest BCUT2D eigenvalue weighted by Crippen LogP contribution is 2.27. The molecule has 1 aromatic rings. The number of hydrogen-bond acceptors (Lipinski definition) is 4. The van der Waals surface area contributed by atoms with Gasteiger partial charge in [0, 0.05) is 6.54 Å². The zero-order valence-corrected chi connectivity index (χ0v) is 13.8. The Morgan fingerprint density at radius 3 is 2.26 bits per heavy atom. The smallest absolute Gasteiger partial charge is 0.241 e. The number of hydrogen-bond donors (Lipinski definition) is 3. The van der Waals surface area contributed by atoms with Crippen LogP contribution in [0.15, 0.2) is 29.2 Å². The molecule has 2 rings (SSSR count). The van der Waals surface area contributed by atoms with Gasteiger partial charge in [-0.1, -0.05) is 17.7 Å². The number of amides is 2. The highest BCUT2D eigenvalue weighted by atomic mass is 32.2. The summed E-state index contributed by atoms with van der Waals surface area (Å²) >= 11 is 0. The molecule has 2 amide bonds. The first-order chi connectivity index (χ1) is 10.9. The van der Waals surface area contributed by atoms with E-state index in [-0.39, 0.29) is 17.3 Å². The van der Waals surface area contributed by atoms with E-state index in [0.717, 1.165) is 18.4 Å². The van der Waals surface area contributed by atoms with Gasteiger partial charge in [0.15, 0.2) is 0 Å². The van der Waals surface area contributed by atoms with Crippen molar-refractivity contribution in [1.29, 1.82) is 0 Å². The molecular weight excluding hydrogens is 318 g/mol. The monoisotopic (exact) mass is 339 g/mol. The third kappa shape index (κ3) is 5.99. The third-order valence-electron chi connectivity index (χ3n) is 3.48. The summed E-state index contributed by atoms with van der Waals surface area (Å²) in [4.78, 5) is 23.2. The minimum absolute atomic E-state index is 0.0954. The SMILES string of the molecule is Cc1ccc(S(=O)(=O)NCC(=O)NCC(=O)NCC2CC2)cc1. The Labute approximate surface area is 135 Å². The van der Waals surface area contributed by atoms with E-state index in [1.165, 1.54) is 12.1 Å². The third-order valence-corrected chi connectivity index (χ3v) is 4.90. The molecule has 0 radical (unpaired) electrons. The zero-order chi connectivity index (χ0) is 16.9. The highest BCUT2D eigenvalue weighted by molar-refractivity contribution is 7.89. The van der Waals surface area contributed by atoms with Crippen LogP contribution in [0.5, 0.6) is 0 Å². The minimum atomic E-state index is -3.74. The van der Waals surface area contributed by atoms with Gasteiger partial charge in [0.05, 0.1) is 18.0 Å². The van der Waals surface area contributed by atoms with E-state index < -0.39 is 22.5 Å². The zero-order valence-electron chi connectivity index (χ0n) is 13.0. The lowest BCUT2D eigenvalue weighted by Crippen LogP contribution is -2.42. The number of sulfonamides is 1. The number of carbonyl (C=O) groups is 2. The van der Waals surface area contributed by atoms with Crippen molar-refractivity contribution in [2.45, 2.75) is 24.7 Å². The second kappa shape index (κ2) is 7.56. The second-order valence-corrected chi connectivity index (χ2v) is 7.43. The lowest BCUT2D eigenvalue weighted by atomic mass is 10.2. The largest absolute Gasteiger partial charge is 0.354 e. The van der Waals surface area contributed by atoms with E-state index in [1.807, 2.05) is 6.92 Å². The van der Waals surface area contributed by atoms with Crippen LogP contribution in [0.25, 0.3) is 0 Å². The molecule has 126 valence electrons. The van der Waals surface area contributed by atoms with E-state index in [1.54, 1.807) is 12.1 Å². The van der Waals surface area contributed by atoms with Gasteiger partial charge in [-0.3, -0.25) is 9.59 Å². The van der Waals surface area contributed by atoms with E-state index in [9.17, 15) is 18.0 Å². The van der Waals surface area contributed by atoms with Gasteiger partial charge in [-0.05, 0) is 37.8 Å². The van der Waals surface area contributed by atoms with Gasteiger partial charge in [0.2, 0.25) is 21.8 Å². The van der Waals surface area contributed by atoms with E-state index in [0.29, 0.717) is 12.5 Å². The van der Waals surface area contributed by atoms with Crippen molar-refractivity contribution in [3.63, 3.8) is 0 Å². The first-order valence-corrected chi connectivity index (χ1v) is 8.95. The number of rotatable bonds is 8. The lowest BCUT2D eigenvalue weighted by molar-refractivity contribution is -0.125. The number of benzene rings is 1. The molecule has 0 aromatic heterocycles. The van der Waals surface area contributed by atoms with Gasteiger partial charge in [-0.2, -0.15) is 0 Å². The lowest BCUT2D eigenvalue weighted by Gasteiger charge is -2.08. The Kier molecular flexibility index (Phi) is 5.73. The Hall–Kier alpha value is -1.93. The summed E-state index contributed by atoms with van der Waals surface area (Å²) in [6.07, 6.45) is 2.26. The average molecular weight is 339 g/mol. The summed E-state index contributed by atoms with van der Waals surface area (Å²) in [6.45, 7) is 1.92. The van der Waals surface area contributed by atoms with Crippen LogP contribution >= 0.6 is 0 Å². The summed E-state index contributed by atoms with van der Waals surface area (Å²) in [5, 5.41) is 5.09. The molecule has 23 heavy (non-hydrogen) atoms. The number of aryl methyl sites for hydroxylation is 1. The van der Waals surface area contributed by atoms with E-state index in [2.05, 4.69) is 15.4 Å².